The van der Waals surface area contributed by atoms with Crippen LogP contribution in [0.15, 0.2) is 18.2 Å². The summed E-state index contributed by atoms with van der Waals surface area (Å²) in [5.41, 5.74) is 2.24. The van der Waals surface area contributed by atoms with Crippen LogP contribution >= 0.6 is 0 Å². The topological polar surface area (TPSA) is 67.4 Å². The molecule has 0 radical (unpaired) electrons. The van der Waals surface area contributed by atoms with E-state index < -0.39 is 10.8 Å². The molecule has 0 aliphatic heterocycles. The third kappa shape index (κ3) is 7.13. The normalized spacial score (nSPS) is 11.8. The predicted octanol–water partition coefficient (Wildman–Crippen LogP) is 1.75. The summed E-state index contributed by atoms with van der Waals surface area (Å²) in [5, 5.41) is 5.40. The van der Waals surface area contributed by atoms with Crippen LogP contribution in [0.25, 0.3) is 0 Å². The van der Waals surface area contributed by atoms with Crippen molar-refractivity contribution in [2.24, 2.45) is 0 Å². The summed E-state index contributed by atoms with van der Waals surface area (Å²) in [6.07, 6.45) is 2.35. The number of amides is 2. The van der Waals surface area contributed by atoms with Crippen molar-refractivity contribution in [3.63, 3.8) is 0 Å². The van der Waals surface area contributed by atoms with Gasteiger partial charge in [0.05, 0.1) is 6.61 Å². The fraction of sp³-hybridized carbons (Fsp3) is 0.533. The van der Waals surface area contributed by atoms with Gasteiger partial charge in [-0.3, -0.25) is 4.21 Å². The van der Waals surface area contributed by atoms with E-state index >= 15 is 0 Å². The molecule has 2 N–H and O–H groups in total. The van der Waals surface area contributed by atoms with E-state index in [9.17, 15) is 9.00 Å². The van der Waals surface area contributed by atoms with Crippen LogP contribution in [-0.4, -0.2) is 41.9 Å². The van der Waals surface area contributed by atoms with Gasteiger partial charge >= 0.3 is 6.03 Å². The van der Waals surface area contributed by atoms with Gasteiger partial charge < -0.3 is 15.4 Å². The van der Waals surface area contributed by atoms with Crippen molar-refractivity contribution in [2.75, 3.05) is 31.7 Å². The summed E-state index contributed by atoms with van der Waals surface area (Å²) in [6.45, 7) is 5.57. The Morgan fingerprint density at radius 2 is 1.81 bits per heavy atom. The summed E-state index contributed by atoms with van der Waals surface area (Å²) >= 11 is 0. The second-order valence-electron chi connectivity index (χ2n) is 4.88. The molecule has 1 atom stereocenters. The first-order chi connectivity index (χ1) is 10.0. The molecule has 0 fully saturated rings. The molecule has 1 unspecified atom stereocenters. The predicted molar refractivity (Wildman–Crippen MR) is 86.4 cm³/mol. The maximum Gasteiger partial charge on any atom is 0.314 e. The van der Waals surface area contributed by atoms with Gasteiger partial charge in [0.25, 0.3) is 0 Å². The van der Waals surface area contributed by atoms with E-state index in [0.29, 0.717) is 25.4 Å². The van der Waals surface area contributed by atoms with Crippen LogP contribution in [0.3, 0.4) is 0 Å². The zero-order valence-corrected chi connectivity index (χ0v) is 13.7. The maximum atomic E-state index is 11.4. The van der Waals surface area contributed by atoms with E-state index in [1.165, 1.54) is 0 Å². The maximum absolute atomic E-state index is 11.4. The molecule has 1 rings (SSSR count). The zero-order valence-electron chi connectivity index (χ0n) is 12.9. The lowest BCUT2D eigenvalue weighted by molar-refractivity contribution is 0.239. The van der Waals surface area contributed by atoms with E-state index in [1.807, 2.05) is 32.0 Å². The van der Waals surface area contributed by atoms with Crippen LogP contribution in [0, 0.1) is 13.8 Å². The summed E-state index contributed by atoms with van der Waals surface area (Å²) in [6, 6.07) is 5.82. The van der Waals surface area contributed by atoms with Crippen molar-refractivity contribution >= 4 is 16.8 Å². The number of para-hydroxylation sites is 1. The molecule has 6 heteroatoms. The average molecular weight is 312 g/mol. The van der Waals surface area contributed by atoms with Gasteiger partial charge in [0, 0.05) is 35.9 Å². The molecule has 1 aromatic rings. The Morgan fingerprint density at radius 3 is 2.43 bits per heavy atom. The van der Waals surface area contributed by atoms with Crippen LogP contribution in [0.5, 0.6) is 5.75 Å². The summed E-state index contributed by atoms with van der Waals surface area (Å²) in [5.74, 6) is 1.40. The first-order valence-electron chi connectivity index (χ1n) is 7.01. The van der Waals surface area contributed by atoms with Crippen molar-refractivity contribution in [1.82, 2.24) is 10.6 Å². The van der Waals surface area contributed by atoms with Gasteiger partial charge in [-0.2, -0.15) is 0 Å². The Kier molecular flexibility index (Phi) is 7.82. The lowest BCUT2D eigenvalue weighted by Crippen LogP contribution is -2.38. The van der Waals surface area contributed by atoms with Crippen molar-refractivity contribution in [1.29, 1.82) is 0 Å². The highest BCUT2D eigenvalue weighted by Crippen LogP contribution is 2.22. The molecule has 118 valence electrons. The van der Waals surface area contributed by atoms with Gasteiger partial charge in [-0.15, -0.1) is 0 Å². The number of hydrogen-bond donors (Lipinski definition) is 2. The van der Waals surface area contributed by atoms with Crippen LogP contribution in [0.1, 0.15) is 17.5 Å². The van der Waals surface area contributed by atoms with Crippen LogP contribution in [0.4, 0.5) is 4.79 Å². The Morgan fingerprint density at radius 1 is 1.19 bits per heavy atom. The third-order valence-corrected chi connectivity index (χ3v) is 3.72. The highest BCUT2D eigenvalue weighted by atomic mass is 32.2. The molecule has 0 aliphatic carbocycles. The second kappa shape index (κ2) is 9.39. The van der Waals surface area contributed by atoms with Crippen LogP contribution in [-0.2, 0) is 10.8 Å². The van der Waals surface area contributed by atoms with Crippen molar-refractivity contribution < 1.29 is 13.7 Å². The van der Waals surface area contributed by atoms with E-state index in [0.717, 1.165) is 23.3 Å². The van der Waals surface area contributed by atoms with Crippen LogP contribution in [0.2, 0.25) is 0 Å². The summed E-state index contributed by atoms with van der Waals surface area (Å²) in [4.78, 5) is 11.4. The van der Waals surface area contributed by atoms with Gasteiger partial charge in [0.15, 0.2) is 0 Å². The molecular formula is C15H24N2O3S. The van der Waals surface area contributed by atoms with Crippen molar-refractivity contribution in [3.05, 3.63) is 29.3 Å². The first-order valence-corrected chi connectivity index (χ1v) is 8.74. The summed E-state index contributed by atoms with van der Waals surface area (Å²) < 4.78 is 16.6. The molecular weight excluding hydrogens is 288 g/mol. The smallest absolute Gasteiger partial charge is 0.314 e. The van der Waals surface area contributed by atoms with Crippen molar-refractivity contribution in [2.45, 2.75) is 20.3 Å². The largest absolute Gasteiger partial charge is 0.493 e. The Balaban J connectivity index is 2.14. The average Bonchev–Trinajstić information content (AvgIpc) is 2.41. The molecule has 1 aromatic carbocycles. The van der Waals surface area contributed by atoms with Gasteiger partial charge in [-0.25, -0.2) is 4.79 Å². The molecule has 0 bridgehead atoms. The molecule has 5 nitrogen and oxygen atoms in total. The molecule has 0 spiro atoms. The molecule has 0 saturated carbocycles. The number of urea groups is 1. The number of aryl methyl sites for hydroxylation is 2. The fourth-order valence-electron chi connectivity index (χ4n) is 1.85. The number of ether oxygens (including phenoxy) is 1. The zero-order chi connectivity index (χ0) is 15.7. The molecule has 0 saturated heterocycles. The minimum Gasteiger partial charge on any atom is -0.493 e. The van der Waals surface area contributed by atoms with E-state index in [2.05, 4.69) is 10.6 Å². The van der Waals surface area contributed by atoms with Gasteiger partial charge in [-0.05, 0) is 31.4 Å². The minimum absolute atomic E-state index is 0.229. The number of benzene rings is 1. The molecule has 21 heavy (non-hydrogen) atoms. The Bertz CT molecular complexity index is 472. The van der Waals surface area contributed by atoms with Gasteiger partial charge in [0.1, 0.15) is 5.75 Å². The summed E-state index contributed by atoms with van der Waals surface area (Å²) in [7, 11) is -0.879. The standard InChI is InChI=1S/C15H24N2O3S/c1-12-6-4-7-13(2)14(12)20-10-5-8-16-15(18)17-9-11-21(3)19/h4,6-7H,5,8-11H2,1-3H3,(H2,16,17,18). The van der Waals surface area contributed by atoms with Gasteiger partial charge in [-0.1, -0.05) is 18.2 Å². The van der Waals surface area contributed by atoms with Gasteiger partial charge in [0.2, 0.25) is 0 Å². The number of nitrogens with one attached hydrogen (secondary N) is 2. The number of hydrogen-bond acceptors (Lipinski definition) is 3. The molecule has 0 heterocycles. The first kappa shape index (κ1) is 17.5. The highest BCUT2D eigenvalue weighted by molar-refractivity contribution is 7.84. The van der Waals surface area contributed by atoms with Crippen molar-refractivity contribution in [3.8, 4) is 5.75 Å². The Labute approximate surface area is 128 Å². The minimum atomic E-state index is -0.879. The fourth-order valence-corrected chi connectivity index (χ4v) is 2.24. The highest BCUT2D eigenvalue weighted by Gasteiger charge is 2.03. The Hall–Kier alpha value is -1.56. The molecule has 2 amide bonds. The lowest BCUT2D eigenvalue weighted by Gasteiger charge is -2.12. The number of carbonyl (C=O) groups excluding carboxylic acids is 1. The second-order valence-corrected chi connectivity index (χ2v) is 6.44. The lowest BCUT2D eigenvalue weighted by atomic mass is 10.1. The number of carbonyl (C=O) groups is 1. The quantitative estimate of drug-likeness (QED) is 0.719. The molecule has 0 aliphatic rings. The number of rotatable bonds is 8. The SMILES string of the molecule is Cc1cccc(C)c1OCCCNC(=O)NCCS(C)=O. The van der Waals surface area contributed by atoms with Crippen LogP contribution < -0.4 is 15.4 Å². The van der Waals surface area contributed by atoms with E-state index in [4.69, 9.17) is 4.74 Å². The van der Waals surface area contributed by atoms with E-state index in [1.54, 1.807) is 6.26 Å². The monoisotopic (exact) mass is 312 g/mol. The van der Waals surface area contributed by atoms with E-state index in [-0.39, 0.29) is 6.03 Å². The molecule has 0 aromatic heterocycles. The third-order valence-electron chi connectivity index (χ3n) is 2.94.